The highest BCUT2D eigenvalue weighted by molar-refractivity contribution is 6.24. The number of hydrogen-bond acceptors (Lipinski definition) is 4. The molecule has 0 aliphatic heterocycles. The third-order valence-corrected chi connectivity index (χ3v) is 3.74. The smallest absolute Gasteiger partial charge is 0.192 e. The summed E-state index contributed by atoms with van der Waals surface area (Å²) in [5.74, 6) is 0.425. The lowest BCUT2D eigenvalue weighted by atomic mass is 9.90. The average molecular weight is 308 g/mol. The van der Waals surface area contributed by atoms with Gasteiger partial charge in [0.2, 0.25) is 0 Å². The van der Waals surface area contributed by atoms with Gasteiger partial charge in [0, 0.05) is 22.3 Å². The highest BCUT2D eigenvalue weighted by Gasteiger charge is 2.24. The summed E-state index contributed by atoms with van der Waals surface area (Å²) in [5, 5.41) is 0. The Hall–Kier alpha value is -2.72. The van der Waals surface area contributed by atoms with Crippen LogP contribution in [0.2, 0.25) is 0 Å². The number of carbonyl (C=O) groups is 2. The second-order valence-electron chi connectivity index (χ2n) is 5.21. The summed E-state index contributed by atoms with van der Waals surface area (Å²) in [4.78, 5) is 24.5. The van der Waals surface area contributed by atoms with Crippen LogP contribution >= 0.6 is 0 Å². The average Bonchev–Trinajstić information content (AvgIpc) is 2.59. The van der Waals surface area contributed by atoms with E-state index in [1.807, 2.05) is 24.3 Å². The zero-order valence-electron chi connectivity index (χ0n) is 12.7. The largest absolute Gasteiger partial charge is 0.496 e. The summed E-state index contributed by atoms with van der Waals surface area (Å²) < 4.78 is 10.9. The van der Waals surface area contributed by atoms with Crippen molar-refractivity contribution in [2.75, 3.05) is 13.7 Å². The third-order valence-electron chi connectivity index (χ3n) is 3.74. The summed E-state index contributed by atoms with van der Waals surface area (Å²) in [6.45, 7) is 0.404. The fourth-order valence-electron chi connectivity index (χ4n) is 2.57. The fourth-order valence-corrected chi connectivity index (χ4v) is 2.57. The molecule has 2 aromatic carbocycles. The van der Waals surface area contributed by atoms with Gasteiger partial charge in [0.15, 0.2) is 11.6 Å². The first-order chi connectivity index (χ1) is 11.2. The van der Waals surface area contributed by atoms with Gasteiger partial charge in [-0.25, -0.2) is 0 Å². The number of Topliss-reactive ketones (excluding diaryl/α,β-unsaturated/α-hetero) is 1. The zero-order chi connectivity index (χ0) is 16.2. The Kier molecular flexibility index (Phi) is 4.35. The molecule has 0 aromatic heterocycles. The highest BCUT2D eigenvalue weighted by atomic mass is 16.5. The molecule has 0 radical (unpaired) electrons. The number of hydrogen-bond donors (Lipinski definition) is 0. The van der Waals surface area contributed by atoms with E-state index in [1.54, 1.807) is 31.4 Å². The predicted molar refractivity (Wildman–Crippen MR) is 85.8 cm³/mol. The summed E-state index contributed by atoms with van der Waals surface area (Å²) >= 11 is 0. The SMILES string of the molecule is COc1ccccc1COCC1=CC(=O)c2ccccc2C1=O. The number of carbonyl (C=O) groups excluding carboxylic acids is 2. The quantitative estimate of drug-likeness (QED) is 0.851. The van der Waals surface area contributed by atoms with E-state index in [1.165, 1.54) is 6.08 Å². The van der Waals surface area contributed by atoms with Gasteiger partial charge < -0.3 is 9.47 Å². The molecular weight excluding hydrogens is 292 g/mol. The number of ether oxygens (including phenoxy) is 2. The zero-order valence-corrected chi connectivity index (χ0v) is 12.7. The number of para-hydroxylation sites is 1. The van der Waals surface area contributed by atoms with Crippen molar-refractivity contribution >= 4 is 11.6 Å². The summed E-state index contributed by atoms with van der Waals surface area (Å²) in [5.41, 5.74) is 2.16. The van der Waals surface area contributed by atoms with Gasteiger partial charge in [-0.1, -0.05) is 42.5 Å². The van der Waals surface area contributed by atoms with Gasteiger partial charge in [0.1, 0.15) is 5.75 Å². The molecule has 0 spiro atoms. The summed E-state index contributed by atoms with van der Waals surface area (Å²) in [7, 11) is 1.60. The third kappa shape index (κ3) is 3.07. The molecule has 23 heavy (non-hydrogen) atoms. The van der Waals surface area contributed by atoms with E-state index in [2.05, 4.69) is 0 Å². The number of benzene rings is 2. The number of ketones is 2. The Morgan fingerprint density at radius 3 is 2.35 bits per heavy atom. The molecule has 0 bridgehead atoms. The Bertz CT molecular complexity index is 789. The molecule has 116 valence electrons. The molecule has 0 heterocycles. The van der Waals surface area contributed by atoms with Gasteiger partial charge in [-0.3, -0.25) is 9.59 Å². The van der Waals surface area contributed by atoms with Gasteiger partial charge in [-0.15, -0.1) is 0 Å². The molecule has 1 aliphatic carbocycles. The van der Waals surface area contributed by atoms with E-state index in [0.717, 1.165) is 11.3 Å². The van der Waals surface area contributed by atoms with Crippen LogP contribution in [0.25, 0.3) is 0 Å². The second kappa shape index (κ2) is 6.58. The van der Waals surface area contributed by atoms with Crippen LogP contribution in [0, 0.1) is 0 Å². The first kappa shape index (κ1) is 15.2. The van der Waals surface area contributed by atoms with Crippen LogP contribution in [-0.2, 0) is 11.3 Å². The van der Waals surface area contributed by atoms with E-state index < -0.39 is 0 Å². The van der Waals surface area contributed by atoms with E-state index in [0.29, 0.717) is 23.3 Å². The van der Waals surface area contributed by atoms with Gasteiger partial charge in [-0.2, -0.15) is 0 Å². The maximum Gasteiger partial charge on any atom is 0.192 e. The number of allylic oxidation sites excluding steroid dienone is 1. The van der Waals surface area contributed by atoms with Crippen molar-refractivity contribution in [3.05, 3.63) is 76.9 Å². The minimum absolute atomic E-state index is 0.0942. The van der Waals surface area contributed by atoms with Crippen LogP contribution in [0.1, 0.15) is 26.3 Å². The van der Waals surface area contributed by atoms with Gasteiger partial charge in [-0.05, 0) is 12.1 Å². The number of methoxy groups -OCH3 is 1. The predicted octanol–water partition coefficient (Wildman–Crippen LogP) is 3.22. The van der Waals surface area contributed by atoms with Crippen LogP contribution in [0.15, 0.2) is 60.2 Å². The molecular formula is C19H16O4. The molecule has 0 unspecified atom stereocenters. The molecule has 4 nitrogen and oxygen atoms in total. The van der Waals surface area contributed by atoms with E-state index in [-0.39, 0.29) is 18.2 Å². The number of rotatable bonds is 5. The first-order valence-electron chi connectivity index (χ1n) is 7.29. The lowest BCUT2D eigenvalue weighted by Gasteiger charge is -2.15. The normalized spacial score (nSPS) is 13.5. The van der Waals surface area contributed by atoms with E-state index in [4.69, 9.17) is 9.47 Å². The Morgan fingerprint density at radius 1 is 0.870 bits per heavy atom. The lowest BCUT2D eigenvalue weighted by molar-refractivity contribution is 0.0931. The van der Waals surface area contributed by atoms with Crippen molar-refractivity contribution in [2.45, 2.75) is 6.61 Å². The summed E-state index contributed by atoms with van der Waals surface area (Å²) in [6, 6.07) is 14.4. The highest BCUT2D eigenvalue weighted by Crippen LogP contribution is 2.22. The molecule has 1 aliphatic rings. The molecule has 0 fully saturated rings. The van der Waals surface area contributed by atoms with Gasteiger partial charge >= 0.3 is 0 Å². The molecule has 0 saturated carbocycles. The summed E-state index contributed by atoms with van der Waals surface area (Å²) in [6.07, 6.45) is 1.37. The first-order valence-corrected chi connectivity index (χ1v) is 7.29. The monoisotopic (exact) mass is 308 g/mol. The minimum Gasteiger partial charge on any atom is -0.496 e. The van der Waals surface area contributed by atoms with Crippen molar-refractivity contribution < 1.29 is 19.1 Å². The second-order valence-corrected chi connectivity index (χ2v) is 5.21. The van der Waals surface area contributed by atoms with Crippen LogP contribution < -0.4 is 4.74 Å². The lowest BCUT2D eigenvalue weighted by Crippen LogP contribution is -2.19. The molecule has 0 saturated heterocycles. The van der Waals surface area contributed by atoms with Crippen molar-refractivity contribution in [3.63, 3.8) is 0 Å². The van der Waals surface area contributed by atoms with Crippen molar-refractivity contribution in [2.24, 2.45) is 0 Å². The Morgan fingerprint density at radius 2 is 1.57 bits per heavy atom. The van der Waals surface area contributed by atoms with Gasteiger partial charge in [0.25, 0.3) is 0 Å². The molecule has 4 heteroatoms. The molecule has 2 aromatic rings. The standard InChI is InChI=1S/C19H16O4/c1-22-18-9-5-2-6-13(18)11-23-12-14-10-17(20)15-7-3-4-8-16(15)19(14)21/h2-10H,11-12H2,1H3. The van der Waals surface area contributed by atoms with Crippen molar-refractivity contribution in [1.29, 1.82) is 0 Å². The van der Waals surface area contributed by atoms with Crippen LogP contribution in [0.5, 0.6) is 5.75 Å². The molecule has 0 atom stereocenters. The topological polar surface area (TPSA) is 52.6 Å². The fraction of sp³-hybridized carbons (Fsp3) is 0.158. The van der Waals surface area contributed by atoms with Crippen molar-refractivity contribution in [3.8, 4) is 5.75 Å². The van der Waals surface area contributed by atoms with E-state index >= 15 is 0 Å². The Balaban J connectivity index is 1.70. The van der Waals surface area contributed by atoms with E-state index in [9.17, 15) is 9.59 Å². The van der Waals surface area contributed by atoms with Crippen LogP contribution in [-0.4, -0.2) is 25.3 Å². The molecule has 3 rings (SSSR count). The Labute approximate surface area is 134 Å². The molecule has 0 amide bonds. The van der Waals surface area contributed by atoms with Crippen molar-refractivity contribution in [1.82, 2.24) is 0 Å². The molecule has 0 N–H and O–H groups in total. The maximum absolute atomic E-state index is 12.4. The number of fused-ring (bicyclic) bond motifs is 1. The maximum atomic E-state index is 12.4. The minimum atomic E-state index is -0.156. The van der Waals surface area contributed by atoms with Crippen LogP contribution in [0.4, 0.5) is 0 Å². The van der Waals surface area contributed by atoms with Gasteiger partial charge in [0.05, 0.1) is 20.3 Å². The van der Waals surface area contributed by atoms with Crippen LogP contribution in [0.3, 0.4) is 0 Å².